The number of fused-ring (bicyclic) bond motifs is 2. The van der Waals surface area contributed by atoms with E-state index in [0.717, 1.165) is 10.0 Å². The third kappa shape index (κ3) is 4.54. The standard InChI is InChI=1S/C27H20BrN5O4/c28-20-14-30-33-25(12-21(32-26(20)33)19-6-1-2-7-22(19)34)29-13-16-4-3-5-18(10-16)31-27(35)17-8-9-23-24(11-17)37-15-36-23/h1-12,14,29,34H,13,15H2,(H,31,35). The summed E-state index contributed by atoms with van der Waals surface area (Å²) < 4.78 is 13.1. The van der Waals surface area contributed by atoms with Crippen molar-refractivity contribution in [3.05, 3.63) is 94.6 Å². The zero-order valence-corrected chi connectivity index (χ0v) is 20.9. The first kappa shape index (κ1) is 22.9. The van der Waals surface area contributed by atoms with Crippen molar-refractivity contribution < 1.29 is 19.4 Å². The van der Waals surface area contributed by atoms with Crippen LogP contribution in [0.3, 0.4) is 0 Å². The number of halogens is 1. The maximum Gasteiger partial charge on any atom is 0.255 e. The molecule has 3 N–H and O–H groups in total. The quantitative estimate of drug-likeness (QED) is 0.254. The third-order valence-electron chi connectivity index (χ3n) is 5.90. The topological polar surface area (TPSA) is 110 Å². The lowest BCUT2D eigenvalue weighted by Gasteiger charge is -2.13. The average molecular weight is 558 g/mol. The van der Waals surface area contributed by atoms with Gasteiger partial charge in [0.1, 0.15) is 11.6 Å². The minimum Gasteiger partial charge on any atom is -0.507 e. The van der Waals surface area contributed by atoms with Crippen LogP contribution in [0.5, 0.6) is 17.2 Å². The summed E-state index contributed by atoms with van der Waals surface area (Å²) >= 11 is 3.50. The molecule has 1 aliphatic heterocycles. The number of amides is 1. The van der Waals surface area contributed by atoms with E-state index in [1.54, 1.807) is 41.0 Å². The van der Waals surface area contributed by atoms with Gasteiger partial charge >= 0.3 is 0 Å². The van der Waals surface area contributed by atoms with Gasteiger partial charge in [-0.15, -0.1) is 0 Å². The van der Waals surface area contributed by atoms with Gasteiger partial charge < -0.3 is 25.2 Å². The Kier molecular flexibility index (Phi) is 5.85. The fourth-order valence-corrected chi connectivity index (χ4v) is 4.43. The Balaban J connectivity index is 1.22. The van der Waals surface area contributed by atoms with Crippen LogP contribution >= 0.6 is 15.9 Å². The van der Waals surface area contributed by atoms with Crippen molar-refractivity contribution >= 4 is 39.0 Å². The number of hydrogen-bond acceptors (Lipinski definition) is 7. The number of aromatic nitrogens is 3. The predicted molar refractivity (Wildman–Crippen MR) is 142 cm³/mol. The van der Waals surface area contributed by atoms with Crippen molar-refractivity contribution in [1.82, 2.24) is 14.6 Å². The number of ether oxygens (including phenoxy) is 2. The molecule has 0 bridgehead atoms. The summed E-state index contributed by atoms with van der Waals surface area (Å²) in [5, 5.41) is 21.1. The van der Waals surface area contributed by atoms with Gasteiger partial charge in [0.05, 0.1) is 16.4 Å². The third-order valence-corrected chi connectivity index (χ3v) is 6.46. The molecule has 1 amide bonds. The van der Waals surface area contributed by atoms with Crippen LogP contribution in [0.2, 0.25) is 0 Å². The fraction of sp³-hybridized carbons (Fsp3) is 0.0741. The number of rotatable bonds is 6. The highest BCUT2D eigenvalue weighted by Gasteiger charge is 2.17. The summed E-state index contributed by atoms with van der Waals surface area (Å²) in [5.74, 6) is 1.79. The number of nitrogens with zero attached hydrogens (tertiary/aromatic N) is 3. The van der Waals surface area contributed by atoms with Crippen LogP contribution in [-0.4, -0.2) is 32.4 Å². The monoisotopic (exact) mass is 557 g/mol. The zero-order chi connectivity index (χ0) is 25.4. The van der Waals surface area contributed by atoms with E-state index >= 15 is 0 Å². The van der Waals surface area contributed by atoms with E-state index in [0.29, 0.717) is 52.0 Å². The van der Waals surface area contributed by atoms with Gasteiger partial charge in [0.25, 0.3) is 5.91 Å². The lowest BCUT2D eigenvalue weighted by atomic mass is 10.1. The van der Waals surface area contributed by atoms with Crippen molar-refractivity contribution in [3.8, 4) is 28.5 Å². The second-order valence-electron chi connectivity index (χ2n) is 8.35. The first-order valence-corrected chi connectivity index (χ1v) is 12.2. The van der Waals surface area contributed by atoms with Crippen LogP contribution in [-0.2, 0) is 6.54 Å². The number of phenols is 1. The number of carbonyl (C=O) groups excluding carboxylic acids is 1. The predicted octanol–water partition coefficient (Wildman–Crippen LogP) is 5.46. The van der Waals surface area contributed by atoms with Gasteiger partial charge in [0.2, 0.25) is 6.79 Å². The number of para-hydroxylation sites is 1. The van der Waals surface area contributed by atoms with Crippen LogP contribution in [0, 0.1) is 0 Å². The van der Waals surface area contributed by atoms with E-state index in [9.17, 15) is 9.90 Å². The molecule has 0 spiro atoms. The largest absolute Gasteiger partial charge is 0.507 e. The van der Waals surface area contributed by atoms with Crippen LogP contribution in [0.1, 0.15) is 15.9 Å². The lowest BCUT2D eigenvalue weighted by molar-refractivity contribution is 0.102. The van der Waals surface area contributed by atoms with Gasteiger partial charge in [-0.25, -0.2) is 4.98 Å². The maximum absolute atomic E-state index is 12.8. The number of nitrogens with one attached hydrogen (secondary N) is 2. The molecule has 9 nitrogen and oxygen atoms in total. The molecule has 10 heteroatoms. The molecule has 6 rings (SSSR count). The summed E-state index contributed by atoms with van der Waals surface area (Å²) in [6.07, 6.45) is 1.68. The summed E-state index contributed by atoms with van der Waals surface area (Å²) in [7, 11) is 0. The normalized spacial score (nSPS) is 12.0. The zero-order valence-electron chi connectivity index (χ0n) is 19.3. The highest BCUT2D eigenvalue weighted by molar-refractivity contribution is 9.10. The van der Waals surface area contributed by atoms with Gasteiger partial charge in [-0.2, -0.15) is 9.61 Å². The molecule has 184 valence electrons. The highest BCUT2D eigenvalue weighted by atomic mass is 79.9. The Morgan fingerprint density at radius 2 is 1.89 bits per heavy atom. The Morgan fingerprint density at radius 1 is 1.03 bits per heavy atom. The van der Waals surface area contributed by atoms with Crippen molar-refractivity contribution in [1.29, 1.82) is 0 Å². The summed E-state index contributed by atoms with van der Waals surface area (Å²) in [4.78, 5) is 17.5. The minimum absolute atomic E-state index is 0.145. The van der Waals surface area contributed by atoms with E-state index < -0.39 is 0 Å². The number of anilines is 2. The Labute approximate surface area is 219 Å². The second kappa shape index (κ2) is 9.47. The maximum atomic E-state index is 12.8. The molecule has 1 aliphatic rings. The molecule has 0 fully saturated rings. The summed E-state index contributed by atoms with van der Waals surface area (Å²) in [5.41, 5.74) is 3.94. The number of hydrogen-bond donors (Lipinski definition) is 3. The van der Waals surface area contributed by atoms with Crippen LogP contribution in [0.4, 0.5) is 11.5 Å². The Hall–Kier alpha value is -4.57. The molecule has 3 aromatic carbocycles. The number of phenolic OH excluding ortho intramolecular Hbond substituents is 1. The average Bonchev–Trinajstić information content (AvgIpc) is 3.54. The smallest absolute Gasteiger partial charge is 0.255 e. The molecule has 0 atom stereocenters. The molecule has 0 radical (unpaired) electrons. The van der Waals surface area contributed by atoms with Crippen LogP contribution in [0.25, 0.3) is 16.9 Å². The molecule has 2 aromatic heterocycles. The van der Waals surface area contributed by atoms with Gasteiger partial charge in [-0.05, 0) is 64.0 Å². The van der Waals surface area contributed by atoms with Gasteiger partial charge in [-0.1, -0.05) is 24.3 Å². The number of carbonyl (C=O) groups is 1. The molecule has 3 heterocycles. The van der Waals surface area contributed by atoms with Crippen molar-refractivity contribution in [3.63, 3.8) is 0 Å². The molecule has 37 heavy (non-hydrogen) atoms. The minimum atomic E-state index is -0.243. The van der Waals surface area contributed by atoms with Crippen LogP contribution < -0.4 is 20.1 Å². The Morgan fingerprint density at radius 3 is 2.78 bits per heavy atom. The molecule has 0 aliphatic carbocycles. The second-order valence-corrected chi connectivity index (χ2v) is 9.20. The van der Waals surface area contributed by atoms with Gasteiger partial charge in [0.15, 0.2) is 17.1 Å². The van der Waals surface area contributed by atoms with E-state index in [4.69, 9.17) is 9.47 Å². The summed E-state index contributed by atoms with van der Waals surface area (Å²) in [6.45, 7) is 0.618. The van der Waals surface area contributed by atoms with Crippen molar-refractivity contribution in [2.45, 2.75) is 6.54 Å². The summed E-state index contributed by atoms with van der Waals surface area (Å²) in [6, 6.07) is 21.6. The lowest BCUT2D eigenvalue weighted by Crippen LogP contribution is -2.12. The first-order valence-electron chi connectivity index (χ1n) is 11.4. The number of aromatic hydroxyl groups is 1. The van der Waals surface area contributed by atoms with Gasteiger partial charge in [-0.3, -0.25) is 4.79 Å². The Bertz CT molecular complexity index is 1650. The molecular formula is C27H20BrN5O4. The molecule has 0 unspecified atom stereocenters. The van der Waals surface area contributed by atoms with Crippen molar-refractivity contribution in [2.75, 3.05) is 17.4 Å². The SMILES string of the molecule is O=C(Nc1cccc(CNc2cc(-c3ccccc3O)nc3c(Br)cnn23)c1)c1ccc2c(c1)OCO2. The highest BCUT2D eigenvalue weighted by Crippen LogP contribution is 2.33. The van der Waals surface area contributed by atoms with E-state index in [-0.39, 0.29) is 18.4 Å². The molecule has 5 aromatic rings. The molecular weight excluding hydrogens is 538 g/mol. The van der Waals surface area contributed by atoms with E-state index in [1.165, 1.54) is 0 Å². The molecule has 0 saturated heterocycles. The fourth-order valence-electron chi connectivity index (χ4n) is 4.08. The van der Waals surface area contributed by atoms with Crippen molar-refractivity contribution in [2.24, 2.45) is 0 Å². The van der Waals surface area contributed by atoms with E-state index in [2.05, 4.69) is 36.6 Å². The number of benzene rings is 3. The first-order chi connectivity index (χ1) is 18.0. The molecule has 0 saturated carbocycles. The van der Waals surface area contributed by atoms with E-state index in [1.807, 2.05) is 42.5 Å². The van der Waals surface area contributed by atoms with Gasteiger partial charge in [0, 0.05) is 29.4 Å². The van der Waals surface area contributed by atoms with Crippen LogP contribution in [0.15, 0.2) is 83.5 Å².